The molecule has 0 aromatic carbocycles. The van der Waals surface area contributed by atoms with E-state index >= 15 is 0 Å². The molecule has 0 saturated heterocycles. The van der Waals surface area contributed by atoms with E-state index in [4.69, 9.17) is 16.2 Å². The Morgan fingerprint density at radius 3 is 1.90 bits per heavy atom. The second-order valence-electron chi connectivity index (χ2n) is 6.02. The molecule has 126 valence electrons. The summed E-state index contributed by atoms with van der Waals surface area (Å²) in [6, 6.07) is 0. The van der Waals surface area contributed by atoms with Crippen molar-refractivity contribution in [3.05, 3.63) is 0 Å². The highest BCUT2D eigenvalue weighted by molar-refractivity contribution is 5.72. The molecule has 5 nitrogen and oxygen atoms in total. The summed E-state index contributed by atoms with van der Waals surface area (Å²) >= 11 is 0. The lowest BCUT2D eigenvalue weighted by atomic mass is 10.1. The molecule has 0 rings (SSSR count). The van der Waals surface area contributed by atoms with Gasteiger partial charge < -0.3 is 10.1 Å². The molecule has 0 aliphatic rings. The van der Waals surface area contributed by atoms with Crippen LogP contribution in [0.1, 0.15) is 78.1 Å². The Hall–Kier alpha value is -0.650. The van der Waals surface area contributed by atoms with Crippen LogP contribution in [0.15, 0.2) is 0 Å². The van der Waals surface area contributed by atoms with Crippen LogP contribution in [0.25, 0.3) is 0 Å². The van der Waals surface area contributed by atoms with Crippen LogP contribution in [-0.4, -0.2) is 24.9 Å². The summed E-state index contributed by atoms with van der Waals surface area (Å²) in [6.45, 7) is 4.70. The average Bonchev–Trinajstić information content (AvgIpc) is 2.38. The fraction of sp³-hybridized carbons (Fsp3) is 0.938. The van der Waals surface area contributed by atoms with Gasteiger partial charge >= 0.3 is 5.97 Å². The van der Waals surface area contributed by atoms with Gasteiger partial charge in [0.25, 0.3) is 0 Å². The summed E-state index contributed by atoms with van der Waals surface area (Å²) in [7, 11) is 0. The van der Waals surface area contributed by atoms with E-state index in [-0.39, 0.29) is 6.54 Å². The highest BCUT2D eigenvalue weighted by atomic mass is 16.6. The SMILES string of the molecule is CCCCCCCCCCCCNCC(=O)OC(C)(N)N. The van der Waals surface area contributed by atoms with Crippen LogP contribution in [0.2, 0.25) is 0 Å². The second-order valence-corrected chi connectivity index (χ2v) is 6.02. The molecule has 0 aromatic heterocycles. The van der Waals surface area contributed by atoms with E-state index in [9.17, 15) is 4.79 Å². The molecule has 0 spiro atoms. The fourth-order valence-electron chi connectivity index (χ4n) is 2.21. The first-order valence-electron chi connectivity index (χ1n) is 8.46. The molecule has 0 bridgehead atoms. The van der Waals surface area contributed by atoms with Crippen molar-refractivity contribution in [2.45, 2.75) is 83.9 Å². The Morgan fingerprint density at radius 1 is 0.952 bits per heavy atom. The number of esters is 1. The lowest BCUT2D eigenvalue weighted by Gasteiger charge is -2.19. The third-order valence-electron chi connectivity index (χ3n) is 3.31. The molecule has 5 heteroatoms. The van der Waals surface area contributed by atoms with Crippen LogP contribution in [0, 0.1) is 0 Å². The molecule has 0 amide bonds. The predicted molar refractivity (Wildman–Crippen MR) is 87.6 cm³/mol. The Morgan fingerprint density at radius 2 is 1.43 bits per heavy atom. The van der Waals surface area contributed by atoms with Gasteiger partial charge in [0.15, 0.2) is 0 Å². The molecule has 0 heterocycles. The van der Waals surface area contributed by atoms with E-state index in [2.05, 4.69) is 12.2 Å². The standard InChI is InChI=1S/C16H35N3O2/c1-3-4-5-6-7-8-9-10-11-12-13-19-14-15(20)21-16(2,17)18/h19H,3-14,17-18H2,1-2H3. The first-order valence-corrected chi connectivity index (χ1v) is 8.46. The minimum absolute atomic E-state index is 0.168. The smallest absolute Gasteiger partial charge is 0.322 e. The Bertz CT molecular complexity index is 252. The summed E-state index contributed by atoms with van der Waals surface area (Å²) in [5.41, 5.74) is 10.8. The highest BCUT2D eigenvalue weighted by Gasteiger charge is 2.16. The van der Waals surface area contributed by atoms with Crippen LogP contribution < -0.4 is 16.8 Å². The minimum Gasteiger partial charge on any atom is -0.430 e. The van der Waals surface area contributed by atoms with E-state index in [0.29, 0.717) is 0 Å². The molecule has 0 aromatic rings. The molecule has 0 aliphatic heterocycles. The van der Waals surface area contributed by atoms with Gasteiger partial charge in [0.05, 0.1) is 6.54 Å². The predicted octanol–water partition coefficient (Wildman–Crippen LogP) is 2.63. The Labute approximate surface area is 130 Å². The quantitative estimate of drug-likeness (QED) is 0.261. The van der Waals surface area contributed by atoms with Gasteiger partial charge in [-0.2, -0.15) is 0 Å². The third-order valence-corrected chi connectivity index (χ3v) is 3.31. The lowest BCUT2D eigenvalue weighted by molar-refractivity contribution is -0.155. The van der Waals surface area contributed by atoms with Gasteiger partial charge in [-0.15, -0.1) is 0 Å². The molecule has 0 aliphatic carbocycles. The molecular formula is C16H35N3O2. The molecule has 21 heavy (non-hydrogen) atoms. The maximum atomic E-state index is 11.3. The maximum Gasteiger partial charge on any atom is 0.322 e. The van der Waals surface area contributed by atoms with Crippen molar-refractivity contribution >= 4 is 5.97 Å². The number of nitrogens with two attached hydrogens (primary N) is 2. The summed E-state index contributed by atoms with van der Waals surface area (Å²) in [5.74, 6) is -1.79. The van der Waals surface area contributed by atoms with Gasteiger partial charge in [0, 0.05) is 6.92 Å². The van der Waals surface area contributed by atoms with E-state index in [1.165, 1.54) is 64.7 Å². The monoisotopic (exact) mass is 301 g/mol. The van der Waals surface area contributed by atoms with Crippen molar-refractivity contribution in [3.8, 4) is 0 Å². The highest BCUT2D eigenvalue weighted by Crippen LogP contribution is 2.10. The summed E-state index contributed by atoms with van der Waals surface area (Å²) in [4.78, 5) is 11.3. The number of carbonyl (C=O) groups excluding carboxylic acids is 1. The zero-order chi connectivity index (χ0) is 16.0. The average molecular weight is 301 g/mol. The van der Waals surface area contributed by atoms with E-state index in [1.807, 2.05) is 0 Å². The van der Waals surface area contributed by atoms with Crippen molar-refractivity contribution in [2.75, 3.05) is 13.1 Å². The van der Waals surface area contributed by atoms with Crippen molar-refractivity contribution in [2.24, 2.45) is 11.5 Å². The summed E-state index contributed by atoms with van der Waals surface area (Å²) in [5, 5.41) is 3.05. The maximum absolute atomic E-state index is 11.3. The largest absolute Gasteiger partial charge is 0.430 e. The number of nitrogens with one attached hydrogen (secondary N) is 1. The topological polar surface area (TPSA) is 90.4 Å². The van der Waals surface area contributed by atoms with Gasteiger partial charge in [-0.05, 0) is 13.0 Å². The molecule has 0 fully saturated rings. The van der Waals surface area contributed by atoms with E-state index in [0.717, 1.165) is 13.0 Å². The van der Waals surface area contributed by atoms with E-state index in [1.54, 1.807) is 0 Å². The zero-order valence-corrected chi connectivity index (χ0v) is 14.0. The van der Waals surface area contributed by atoms with E-state index < -0.39 is 11.8 Å². The van der Waals surface area contributed by atoms with Crippen molar-refractivity contribution < 1.29 is 9.53 Å². The van der Waals surface area contributed by atoms with Gasteiger partial charge in [-0.25, -0.2) is 0 Å². The summed E-state index contributed by atoms with van der Waals surface area (Å²) < 4.78 is 4.79. The first kappa shape index (κ1) is 20.3. The Balaban J connectivity index is 3.17. The third kappa shape index (κ3) is 17.3. The molecular weight excluding hydrogens is 266 g/mol. The fourth-order valence-corrected chi connectivity index (χ4v) is 2.21. The number of rotatable bonds is 14. The van der Waals surface area contributed by atoms with Gasteiger partial charge in [-0.3, -0.25) is 16.3 Å². The van der Waals surface area contributed by atoms with Crippen LogP contribution >= 0.6 is 0 Å². The molecule has 0 radical (unpaired) electrons. The van der Waals surface area contributed by atoms with Gasteiger partial charge in [0.2, 0.25) is 5.85 Å². The number of hydrogen-bond donors (Lipinski definition) is 3. The van der Waals surface area contributed by atoms with Gasteiger partial charge in [-0.1, -0.05) is 64.7 Å². The number of unbranched alkanes of at least 4 members (excludes halogenated alkanes) is 9. The van der Waals surface area contributed by atoms with Crippen LogP contribution in [-0.2, 0) is 9.53 Å². The second kappa shape index (κ2) is 13.0. The molecule has 5 N–H and O–H groups in total. The summed E-state index contributed by atoms with van der Waals surface area (Å²) in [6.07, 6.45) is 13.1. The molecule has 0 unspecified atom stereocenters. The van der Waals surface area contributed by atoms with Crippen LogP contribution in [0.4, 0.5) is 0 Å². The van der Waals surface area contributed by atoms with Crippen molar-refractivity contribution in [3.63, 3.8) is 0 Å². The number of ether oxygens (including phenoxy) is 1. The van der Waals surface area contributed by atoms with Crippen LogP contribution in [0.3, 0.4) is 0 Å². The number of hydrogen-bond acceptors (Lipinski definition) is 5. The van der Waals surface area contributed by atoms with Crippen LogP contribution in [0.5, 0.6) is 0 Å². The molecule has 0 atom stereocenters. The number of carbonyl (C=O) groups is 1. The lowest BCUT2D eigenvalue weighted by Crippen LogP contribution is -2.51. The molecule has 0 saturated carbocycles. The Kier molecular flexibility index (Phi) is 12.6. The van der Waals surface area contributed by atoms with Crippen molar-refractivity contribution in [1.29, 1.82) is 0 Å². The normalized spacial score (nSPS) is 11.6. The first-order chi connectivity index (χ1) is 9.95. The van der Waals surface area contributed by atoms with Gasteiger partial charge in [0.1, 0.15) is 0 Å². The zero-order valence-electron chi connectivity index (χ0n) is 14.0. The van der Waals surface area contributed by atoms with Crippen molar-refractivity contribution in [1.82, 2.24) is 5.32 Å². The minimum atomic E-state index is -1.38.